The van der Waals surface area contributed by atoms with Gasteiger partial charge in [-0.3, -0.25) is 9.59 Å². The van der Waals surface area contributed by atoms with E-state index in [4.69, 9.17) is 0 Å². The third-order valence-electron chi connectivity index (χ3n) is 5.53. The van der Waals surface area contributed by atoms with Gasteiger partial charge in [-0.2, -0.15) is 0 Å². The number of likely N-dealkylation sites (tertiary alicyclic amines) is 1. The molecule has 1 aliphatic rings. The van der Waals surface area contributed by atoms with E-state index in [0.717, 1.165) is 61.2 Å². The summed E-state index contributed by atoms with van der Waals surface area (Å²) >= 11 is 0. The van der Waals surface area contributed by atoms with Crippen LogP contribution in [0.5, 0.6) is 0 Å². The van der Waals surface area contributed by atoms with E-state index < -0.39 is 0 Å². The largest absolute Gasteiger partial charge is 0.349 e. The number of piperidine rings is 1. The molecule has 148 valence electrons. The van der Waals surface area contributed by atoms with E-state index in [1.165, 1.54) is 0 Å². The molecule has 1 aliphatic heterocycles. The number of carbonyl (C=O) groups excluding carboxylic acids is 2. The van der Waals surface area contributed by atoms with E-state index in [1.807, 2.05) is 62.4 Å². The summed E-state index contributed by atoms with van der Waals surface area (Å²) in [5, 5.41) is 3.14. The Kier molecular flexibility index (Phi) is 6.99. The number of aryl methyl sites for hydroxylation is 2. The lowest BCUT2D eigenvalue weighted by Gasteiger charge is -2.32. The topological polar surface area (TPSA) is 49.4 Å². The first-order chi connectivity index (χ1) is 13.5. The first-order valence-electron chi connectivity index (χ1n) is 10.2. The summed E-state index contributed by atoms with van der Waals surface area (Å²) in [6, 6.07) is 15.7. The number of rotatable bonds is 7. The van der Waals surface area contributed by atoms with E-state index in [-0.39, 0.29) is 17.7 Å². The molecule has 1 fully saturated rings. The molecule has 0 saturated carbocycles. The van der Waals surface area contributed by atoms with E-state index in [9.17, 15) is 9.59 Å². The molecule has 28 heavy (non-hydrogen) atoms. The van der Waals surface area contributed by atoms with Crippen molar-refractivity contribution in [3.8, 4) is 0 Å². The predicted octanol–water partition coefficient (Wildman–Crippen LogP) is 4.16. The fourth-order valence-corrected chi connectivity index (χ4v) is 3.79. The van der Waals surface area contributed by atoms with Crippen LogP contribution in [0.1, 0.15) is 57.5 Å². The third-order valence-corrected chi connectivity index (χ3v) is 5.53. The van der Waals surface area contributed by atoms with Gasteiger partial charge in [0.1, 0.15) is 0 Å². The minimum atomic E-state index is 0.0122. The van der Waals surface area contributed by atoms with E-state index >= 15 is 0 Å². The SMILES string of the molecule is Cc1ccc(C)c(C(=O)CCCN2CCC(NC(=O)c3ccccc3)CC2)c1. The molecule has 0 radical (unpaired) electrons. The molecule has 3 rings (SSSR count). The second-order valence-electron chi connectivity index (χ2n) is 7.80. The van der Waals surface area contributed by atoms with Crippen molar-refractivity contribution >= 4 is 11.7 Å². The molecule has 2 aromatic rings. The number of benzene rings is 2. The molecule has 2 aromatic carbocycles. The Morgan fingerprint density at radius 1 is 1.04 bits per heavy atom. The van der Waals surface area contributed by atoms with Crippen molar-refractivity contribution in [2.45, 2.75) is 45.6 Å². The zero-order chi connectivity index (χ0) is 19.9. The summed E-state index contributed by atoms with van der Waals surface area (Å²) in [7, 11) is 0. The lowest BCUT2D eigenvalue weighted by molar-refractivity contribution is 0.0903. The number of nitrogens with zero attached hydrogens (tertiary/aromatic N) is 1. The van der Waals surface area contributed by atoms with Gasteiger partial charge >= 0.3 is 0 Å². The maximum Gasteiger partial charge on any atom is 0.251 e. The Bertz CT molecular complexity index is 809. The summed E-state index contributed by atoms with van der Waals surface area (Å²) < 4.78 is 0. The second-order valence-corrected chi connectivity index (χ2v) is 7.80. The van der Waals surface area contributed by atoms with Gasteiger partial charge < -0.3 is 10.2 Å². The molecule has 1 amide bonds. The highest BCUT2D eigenvalue weighted by Gasteiger charge is 2.21. The summed E-state index contributed by atoms with van der Waals surface area (Å²) in [4.78, 5) is 27.2. The summed E-state index contributed by atoms with van der Waals surface area (Å²) in [5.74, 6) is 0.254. The highest BCUT2D eigenvalue weighted by molar-refractivity contribution is 5.97. The van der Waals surface area contributed by atoms with Gasteiger partial charge in [0.2, 0.25) is 0 Å². The number of hydrogen-bond acceptors (Lipinski definition) is 3. The molecular weight excluding hydrogens is 348 g/mol. The minimum Gasteiger partial charge on any atom is -0.349 e. The van der Waals surface area contributed by atoms with Crippen LogP contribution in [0, 0.1) is 13.8 Å². The molecule has 0 unspecified atom stereocenters. The van der Waals surface area contributed by atoms with Gasteiger partial charge in [0.05, 0.1) is 0 Å². The normalized spacial score (nSPS) is 15.4. The highest BCUT2D eigenvalue weighted by Crippen LogP contribution is 2.16. The van der Waals surface area contributed by atoms with Crippen LogP contribution in [0.25, 0.3) is 0 Å². The Hall–Kier alpha value is -2.46. The Morgan fingerprint density at radius 3 is 2.46 bits per heavy atom. The Labute approximate surface area is 167 Å². The standard InChI is InChI=1S/C24H30N2O2/c1-18-10-11-19(2)22(17-18)23(27)9-6-14-26-15-12-21(13-16-26)25-24(28)20-7-4-3-5-8-20/h3-5,7-8,10-11,17,21H,6,9,12-16H2,1-2H3,(H,25,28). The fraction of sp³-hybridized carbons (Fsp3) is 0.417. The van der Waals surface area contributed by atoms with Crippen molar-refractivity contribution in [1.29, 1.82) is 0 Å². The monoisotopic (exact) mass is 378 g/mol. The molecule has 1 saturated heterocycles. The summed E-state index contributed by atoms with van der Waals surface area (Å²) in [5.41, 5.74) is 3.77. The fourth-order valence-electron chi connectivity index (χ4n) is 3.79. The van der Waals surface area contributed by atoms with Crippen LogP contribution in [-0.2, 0) is 0 Å². The highest BCUT2D eigenvalue weighted by atomic mass is 16.1. The van der Waals surface area contributed by atoms with E-state index in [2.05, 4.69) is 10.2 Å². The van der Waals surface area contributed by atoms with Crippen LogP contribution < -0.4 is 5.32 Å². The third kappa shape index (κ3) is 5.52. The van der Waals surface area contributed by atoms with Gasteiger partial charge in [-0.15, -0.1) is 0 Å². The molecule has 0 aromatic heterocycles. The second kappa shape index (κ2) is 9.65. The van der Waals surface area contributed by atoms with Gasteiger partial charge in [-0.05, 0) is 63.4 Å². The maximum absolute atomic E-state index is 12.5. The maximum atomic E-state index is 12.5. The van der Waals surface area contributed by atoms with Crippen molar-refractivity contribution in [2.24, 2.45) is 0 Å². The van der Waals surface area contributed by atoms with Gasteiger partial charge in [0, 0.05) is 36.7 Å². The van der Waals surface area contributed by atoms with Crippen LogP contribution in [0.4, 0.5) is 0 Å². The smallest absolute Gasteiger partial charge is 0.251 e. The molecule has 0 aliphatic carbocycles. The van der Waals surface area contributed by atoms with Crippen LogP contribution in [0.2, 0.25) is 0 Å². The molecule has 0 spiro atoms. The Balaban J connectivity index is 1.38. The quantitative estimate of drug-likeness (QED) is 0.736. The van der Waals surface area contributed by atoms with Gasteiger partial charge in [-0.1, -0.05) is 35.9 Å². The predicted molar refractivity (Wildman–Crippen MR) is 113 cm³/mol. The number of hydrogen-bond donors (Lipinski definition) is 1. The first-order valence-corrected chi connectivity index (χ1v) is 10.2. The van der Waals surface area contributed by atoms with Gasteiger partial charge in [-0.25, -0.2) is 0 Å². The summed E-state index contributed by atoms with van der Waals surface area (Å²) in [6.45, 7) is 6.91. The van der Waals surface area contributed by atoms with Gasteiger partial charge in [0.25, 0.3) is 5.91 Å². The van der Waals surface area contributed by atoms with Crippen LogP contribution in [-0.4, -0.2) is 42.3 Å². The zero-order valence-electron chi connectivity index (χ0n) is 16.9. The molecule has 0 atom stereocenters. The number of Topliss-reactive ketones (excluding diaryl/α,β-unsaturated/α-hetero) is 1. The molecule has 4 heteroatoms. The van der Waals surface area contributed by atoms with E-state index in [1.54, 1.807) is 0 Å². The lowest BCUT2D eigenvalue weighted by atomic mass is 9.99. The van der Waals surface area contributed by atoms with Crippen molar-refractivity contribution < 1.29 is 9.59 Å². The van der Waals surface area contributed by atoms with Crippen LogP contribution in [0.15, 0.2) is 48.5 Å². The number of ketones is 1. The molecule has 4 nitrogen and oxygen atoms in total. The van der Waals surface area contributed by atoms with Crippen molar-refractivity contribution in [3.63, 3.8) is 0 Å². The molecular formula is C24H30N2O2. The minimum absolute atomic E-state index is 0.0122. The zero-order valence-corrected chi connectivity index (χ0v) is 16.9. The average molecular weight is 379 g/mol. The first kappa shape index (κ1) is 20.3. The summed E-state index contributed by atoms with van der Waals surface area (Å²) in [6.07, 6.45) is 3.40. The van der Waals surface area contributed by atoms with Crippen molar-refractivity contribution in [3.05, 3.63) is 70.8 Å². The molecule has 1 N–H and O–H groups in total. The van der Waals surface area contributed by atoms with E-state index in [0.29, 0.717) is 6.42 Å². The Morgan fingerprint density at radius 2 is 1.75 bits per heavy atom. The van der Waals surface area contributed by atoms with Gasteiger partial charge in [0.15, 0.2) is 5.78 Å². The van der Waals surface area contributed by atoms with Crippen LogP contribution in [0.3, 0.4) is 0 Å². The number of nitrogens with one attached hydrogen (secondary N) is 1. The van der Waals surface area contributed by atoms with Crippen molar-refractivity contribution in [1.82, 2.24) is 10.2 Å². The average Bonchev–Trinajstić information content (AvgIpc) is 2.71. The lowest BCUT2D eigenvalue weighted by Crippen LogP contribution is -2.44. The molecule has 1 heterocycles. The van der Waals surface area contributed by atoms with Crippen LogP contribution >= 0.6 is 0 Å². The molecule has 0 bridgehead atoms. The number of carbonyl (C=O) groups is 2. The van der Waals surface area contributed by atoms with Crippen molar-refractivity contribution in [2.75, 3.05) is 19.6 Å². The number of amides is 1.